The highest BCUT2D eigenvalue weighted by molar-refractivity contribution is 5.31. The molecular weight excluding hydrogens is 236 g/mol. The van der Waals surface area contributed by atoms with Crippen molar-refractivity contribution < 1.29 is 13.9 Å². The summed E-state index contributed by atoms with van der Waals surface area (Å²) in [5, 5.41) is 10.1. The summed E-state index contributed by atoms with van der Waals surface area (Å²) in [6.07, 6.45) is 1.32. The Balaban J connectivity index is 2.37. The van der Waals surface area contributed by atoms with Gasteiger partial charge in [0.25, 0.3) is 0 Å². The number of benzene rings is 1. The summed E-state index contributed by atoms with van der Waals surface area (Å²) in [6.45, 7) is 2.97. The number of hydrogen-bond acceptors (Lipinski definition) is 2. The zero-order valence-corrected chi connectivity index (χ0v) is 10.7. The highest BCUT2D eigenvalue weighted by atomic mass is 19.3. The molecule has 2 nitrogen and oxygen atoms in total. The van der Waals surface area contributed by atoms with Crippen LogP contribution in [0.4, 0.5) is 8.78 Å². The lowest BCUT2D eigenvalue weighted by Gasteiger charge is -2.33. The summed E-state index contributed by atoms with van der Waals surface area (Å²) in [5.74, 6) is -3.56. The molecule has 1 saturated carbocycles. The van der Waals surface area contributed by atoms with Crippen LogP contribution in [0, 0.1) is 5.92 Å². The third kappa shape index (κ3) is 2.15. The molecule has 0 unspecified atom stereocenters. The van der Waals surface area contributed by atoms with E-state index in [1.807, 2.05) is 0 Å². The molecule has 1 aromatic carbocycles. The van der Waals surface area contributed by atoms with Crippen molar-refractivity contribution >= 4 is 0 Å². The fourth-order valence-electron chi connectivity index (χ4n) is 2.21. The van der Waals surface area contributed by atoms with Crippen LogP contribution >= 0.6 is 0 Å². The van der Waals surface area contributed by atoms with Crippen LogP contribution in [0.25, 0.3) is 0 Å². The van der Waals surface area contributed by atoms with E-state index in [-0.39, 0.29) is 17.5 Å². The highest BCUT2D eigenvalue weighted by Crippen LogP contribution is 2.51. The summed E-state index contributed by atoms with van der Waals surface area (Å²) in [5.41, 5.74) is 4.21. The largest absolute Gasteiger partial charge is 0.383 e. The van der Waals surface area contributed by atoms with Gasteiger partial charge in [0.15, 0.2) is 0 Å². The van der Waals surface area contributed by atoms with Gasteiger partial charge in [-0.1, -0.05) is 18.2 Å². The van der Waals surface area contributed by atoms with Crippen LogP contribution in [0.3, 0.4) is 0 Å². The zero-order valence-electron chi connectivity index (χ0n) is 10.7. The van der Waals surface area contributed by atoms with Crippen LogP contribution in [0.1, 0.15) is 43.9 Å². The average molecular weight is 255 g/mol. The van der Waals surface area contributed by atoms with Crippen LogP contribution in [-0.4, -0.2) is 10.7 Å². The molecule has 18 heavy (non-hydrogen) atoms. The third-order valence-electron chi connectivity index (χ3n) is 3.78. The molecule has 0 amide bonds. The molecule has 2 rings (SSSR count). The minimum Gasteiger partial charge on any atom is -0.383 e. The van der Waals surface area contributed by atoms with E-state index in [0.717, 1.165) is 0 Å². The lowest BCUT2D eigenvalue weighted by atomic mass is 9.86. The Labute approximate surface area is 106 Å². The van der Waals surface area contributed by atoms with Gasteiger partial charge < -0.3 is 10.8 Å². The van der Waals surface area contributed by atoms with Crippen molar-refractivity contribution in [3.63, 3.8) is 0 Å². The van der Waals surface area contributed by atoms with Crippen LogP contribution in [0.2, 0.25) is 0 Å². The van der Waals surface area contributed by atoms with E-state index < -0.39 is 11.5 Å². The van der Waals surface area contributed by atoms with Gasteiger partial charge >= 0.3 is 5.92 Å². The van der Waals surface area contributed by atoms with Crippen LogP contribution < -0.4 is 5.73 Å². The Hall–Kier alpha value is -1.00. The Kier molecular flexibility index (Phi) is 3.19. The second kappa shape index (κ2) is 4.28. The maximum Gasteiger partial charge on any atom is 0.301 e. The molecule has 4 heteroatoms. The van der Waals surface area contributed by atoms with Gasteiger partial charge in [-0.15, -0.1) is 0 Å². The van der Waals surface area contributed by atoms with Crippen molar-refractivity contribution in [1.82, 2.24) is 0 Å². The lowest BCUT2D eigenvalue weighted by molar-refractivity contribution is -0.189. The van der Waals surface area contributed by atoms with Gasteiger partial charge in [0.05, 0.1) is 0 Å². The number of nitrogens with two attached hydrogens (primary N) is 1. The van der Waals surface area contributed by atoms with E-state index in [2.05, 4.69) is 0 Å². The molecule has 3 N–H and O–H groups in total. The molecule has 2 atom stereocenters. The fourth-order valence-corrected chi connectivity index (χ4v) is 2.21. The molecule has 0 radical (unpaired) electrons. The summed E-state index contributed by atoms with van der Waals surface area (Å²) in [4.78, 5) is 0. The first-order chi connectivity index (χ1) is 8.26. The van der Waals surface area contributed by atoms with E-state index in [0.29, 0.717) is 18.4 Å². The lowest BCUT2D eigenvalue weighted by Crippen LogP contribution is -2.45. The molecule has 1 aliphatic rings. The van der Waals surface area contributed by atoms with Crippen LogP contribution in [0.15, 0.2) is 24.3 Å². The average Bonchev–Trinajstić information content (AvgIpc) is 3.12. The van der Waals surface area contributed by atoms with Crippen LogP contribution in [-0.2, 0) is 5.92 Å². The second-order valence-electron chi connectivity index (χ2n) is 5.41. The van der Waals surface area contributed by atoms with Crippen molar-refractivity contribution in [2.45, 2.75) is 44.3 Å². The topological polar surface area (TPSA) is 46.2 Å². The normalized spacial score (nSPS) is 21.4. The first-order valence-corrected chi connectivity index (χ1v) is 6.23. The summed E-state index contributed by atoms with van der Waals surface area (Å²) in [7, 11) is 0. The van der Waals surface area contributed by atoms with Gasteiger partial charge in [0.1, 0.15) is 5.60 Å². The molecule has 1 fully saturated rings. The predicted octanol–water partition coefficient (Wildman–Crippen LogP) is 2.96. The van der Waals surface area contributed by atoms with E-state index in [4.69, 9.17) is 5.73 Å². The maximum absolute atomic E-state index is 14.4. The Morgan fingerprint density at radius 2 is 2.00 bits per heavy atom. The first-order valence-electron chi connectivity index (χ1n) is 6.23. The second-order valence-corrected chi connectivity index (χ2v) is 5.41. The van der Waals surface area contributed by atoms with Gasteiger partial charge in [0, 0.05) is 11.6 Å². The maximum atomic E-state index is 14.4. The van der Waals surface area contributed by atoms with Gasteiger partial charge in [0.2, 0.25) is 0 Å². The third-order valence-corrected chi connectivity index (χ3v) is 3.78. The Bertz CT molecular complexity index is 439. The molecule has 0 spiro atoms. The SMILES string of the molecule is C[C@@H](N)c1cccc(C(F)(F)[C@](C)(O)C2CC2)c1. The molecule has 0 aliphatic heterocycles. The molecule has 0 heterocycles. The van der Waals surface area contributed by atoms with E-state index in [1.165, 1.54) is 19.1 Å². The standard InChI is InChI=1S/C14H19F2NO/c1-9(17)10-4-3-5-12(8-10)14(15,16)13(2,18)11-6-7-11/h3-5,8-9,11,18H,6-7,17H2,1-2H3/t9-,13-/m1/s1. The summed E-state index contributed by atoms with van der Waals surface area (Å²) >= 11 is 0. The molecule has 0 bridgehead atoms. The van der Waals surface area contributed by atoms with Gasteiger partial charge in [-0.05, 0) is 44.2 Å². The number of alkyl halides is 2. The minimum absolute atomic E-state index is 0.158. The number of hydrogen-bond donors (Lipinski definition) is 2. The Morgan fingerprint density at radius 1 is 1.39 bits per heavy atom. The number of halogens is 2. The number of rotatable bonds is 4. The van der Waals surface area contributed by atoms with Crippen LogP contribution in [0.5, 0.6) is 0 Å². The van der Waals surface area contributed by atoms with E-state index >= 15 is 0 Å². The highest BCUT2D eigenvalue weighted by Gasteiger charge is 2.58. The smallest absolute Gasteiger partial charge is 0.301 e. The fraction of sp³-hybridized carbons (Fsp3) is 0.571. The van der Waals surface area contributed by atoms with Crippen molar-refractivity contribution in [2.75, 3.05) is 0 Å². The molecular formula is C14H19F2NO. The minimum atomic E-state index is -3.25. The van der Waals surface area contributed by atoms with Crippen molar-refractivity contribution in [3.05, 3.63) is 35.4 Å². The van der Waals surface area contributed by atoms with Gasteiger partial charge in [-0.3, -0.25) is 0 Å². The van der Waals surface area contributed by atoms with Crippen molar-refractivity contribution in [3.8, 4) is 0 Å². The molecule has 0 saturated heterocycles. The monoisotopic (exact) mass is 255 g/mol. The molecule has 1 aliphatic carbocycles. The predicted molar refractivity (Wildman–Crippen MR) is 66.3 cm³/mol. The van der Waals surface area contributed by atoms with Gasteiger partial charge in [-0.2, -0.15) is 8.78 Å². The van der Waals surface area contributed by atoms with Crippen molar-refractivity contribution in [1.29, 1.82) is 0 Å². The van der Waals surface area contributed by atoms with Gasteiger partial charge in [-0.25, -0.2) is 0 Å². The first kappa shape index (κ1) is 13.4. The zero-order chi connectivity index (χ0) is 13.6. The molecule has 100 valence electrons. The van der Waals surface area contributed by atoms with E-state index in [9.17, 15) is 13.9 Å². The summed E-state index contributed by atoms with van der Waals surface area (Å²) in [6, 6.07) is 5.72. The van der Waals surface area contributed by atoms with Crippen molar-refractivity contribution in [2.24, 2.45) is 11.7 Å². The summed E-state index contributed by atoms with van der Waals surface area (Å²) < 4.78 is 28.8. The number of aliphatic hydroxyl groups is 1. The molecule has 1 aromatic rings. The van der Waals surface area contributed by atoms with E-state index in [1.54, 1.807) is 19.1 Å². The Morgan fingerprint density at radius 3 is 2.50 bits per heavy atom. The molecule has 0 aromatic heterocycles. The quantitative estimate of drug-likeness (QED) is 0.869.